The van der Waals surface area contributed by atoms with Crippen LogP contribution in [0.15, 0.2) is 28.4 Å². The second-order valence-corrected chi connectivity index (χ2v) is 5.14. The molecule has 0 aromatic carbocycles. The first-order valence-corrected chi connectivity index (χ1v) is 6.54. The first-order chi connectivity index (χ1) is 8.20. The van der Waals surface area contributed by atoms with E-state index in [0.717, 1.165) is 36.4 Å². The summed E-state index contributed by atoms with van der Waals surface area (Å²) in [5.41, 5.74) is 2.61. The Morgan fingerprint density at radius 2 is 2.35 bits per heavy atom. The van der Waals surface area contributed by atoms with Gasteiger partial charge in [-0.3, -0.25) is 0 Å². The average Bonchev–Trinajstić information content (AvgIpc) is 2.34. The van der Waals surface area contributed by atoms with Crippen LogP contribution in [0.25, 0.3) is 0 Å². The van der Waals surface area contributed by atoms with Gasteiger partial charge in [0.25, 0.3) is 0 Å². The lowest BCUT2D eigenvalue weighted by atomic mass is 10.1. The van der Waals surface area contributed by atoms with Crippen LogP contribution >= 0.6 is 15.9 Å². The molecule has 0 spiro atoms. The summed E-state index contributed by atoms with van der Waals surface area (Å²) in [6.07, 6.45) is 5.18. The molecule has 17 heavy (non-hydrogen) atoms. The lowest BCUT2D eigenvalue weighted by Gasteiger charge is -2.27. The minimum absolute atomic E-state index is 0.751. The molecule has 0 aliphatic carbocycles. The maximum absolute atomic E-state index is 5.15. The van der Waals surface area contributed by atoms with Crippen LogP contribution in [0, 0.1) is 6.92 Å². The number of nitrogens with zero attached hydrogens (tertiary/aromatic N) is 2. The summed E-state index contributed by atoms with van der Waals surface area (Å²) in [5.74, 6) is 1.05. The monoisotopic (exact) mass is 296 g/mol. The van der Waals surface area contributed by atoms with Gasteiger partial charge in [0.2, 0.25) is 0 Å². The van der Waals surface area contributed by atoms with Crippen LogP contribution in [0.3, 0.4) is 0 Å². The Balaban J connectivity index is 2.07. The highest BCUT2D eigenvalue weighted by Gasteiger charge is 2.13. The first kappa shape index (κ1) is 12.6. The second-order valence-electron chi connectivity index (χ2n) is 4.28. The molecule has 0 radical (unpaired) electrons. The van der Waals surface area contributed by atoms with Crippen molar-refractivity contribution in [3.05, 3.63) is 33.9 Å². The average molecular weight is 297 g/mol. The molecule has 0 unspecified atom stereocenters. The van der Waals surface area contributed by atoms with Gasteiger partial charge >= 0.3 is 0 Å². The Kier molecular flexibility index (Phi) is 4.18. The zero-order valence-corrected chi connectivity index (χ0v) is 11.8. The predicted molar refractivity (Wildman–Crippen MR) is 73.5 cm³/mol. The van der Waals surface area contributed by atoms with Crippen molar-refractivity contribution in [2.75, 3.05) is 31.7 Å². The summed E-state index contributed by atoms with van der Waals surface area (Å²) in [6.45, 7) is 4.78. The summed E-state index contributed by atoms with van der Waals surface area (Å²) in [7, 11) is 1.74. The van der Waals surface area contributed by atoms with Gasteiger partial charge < -0.3 is 9.64 Å². The van der Waals surface area contributed by atoms with Crippen LogP contribution in [-0.2, 0) is 4.74 Å². The molecule has 2 rings (SSSR count). The number of anilines is 1. The Morgan fingerprint density at radius 1 is 1.53 bits per heavy atom. The third-order valence-electron chi connectivity index (χ3n) is 2.99. The molecule has 0 amide bonds. The lowest BCUT2D eigenvalue weighted by molar-refractivity contribution is 0.222. The summed E-state index contributed by atoms with van der Waals surface area (Å²) in [4.78, 5) is 6.74. The van der Waals surface area contributed by atoms with Crippen molar-refractivity contribution in [2.45, 2.75) is 13.3 Å². The minimum atomic E-state index is 0.751. The van der Waals surface area contributed by atoms with Gasteiger partial charge in [0, 0.05) is 30.9 Å². The van der Waals surface area contributed by atoms with E-state index in [0.29, 0.717) is 0 Å². The van der Waals surface area contributed by atoms with E-state index in [4.69, 9.17) is 4.74 Å². The Labute approximate surface area is 111 Å². The minimum Gasteiger partial charge on any atom is -0.380 e. The highest BCUT2D eigenvalue weighted by molar-refractivity contribution is 9.10. The lowest BCUT2D eigenvalue weighted by Crippen LogP contribution is -2.30. The molecule has 0 N–H and O–H groups in total. The van der Waals surface area contributed by atoms with Crippen molar-refractivity contribution in [2.24, 2.45) is 0 Å². The molecule has 0 saturated carbocycles. The molecular formula is C13H17BrN2O. The Hall–Kier alpha value is -0.870. The largest absolute Gasteiger partial charge is 0.380 e. The number of aromatic nitrogens is 1. The number of hydrogen-bond acceptors (Lipinski definition) is 3. The van der Waals surface area contributed by atoms with Crippen molar-refractivity contribution in [1.29, 1.82) is 0 Å². The van der Waals surface area contributed by atoms with Crippen LogP contribution in [0.4, 0.5) is 5.82 Å². The number of aryl methyl sites for hydroxylation is 1. The topological polar surface area (TPSA) is 25.4 Å². The molecule has 1 aromatic heterocycles. The summed E-state index contributed by atoms with van der Waals surface area (Å²) >= 11 is 3.47. The van der Waals surface area contributed by atoms with Crippen LogP contribution in [0.1, 0.15) is 12.0 Å². The Bertz CT molecular complexity index is 431. The van der Waals surface area contributed by atoms with Crippen molar-refractivity contribution in [1.82, 2.24) is 4.98 Å². The zero-order valence-electron chi connectivity index (χ0n) is 10.2. The smallest absolute Gasteiger partial charge is 0.129 e. The number of halogens is 1. The third kappa shape index (κ3) is 3.07. The quantitative estimate of drug-likeness (QED) is 0.802. The van der Waals surface area contributed by atoms with E-state index in [1.165, 1.54) is 11.1 Å². The van der Waals surface area contributed by atoms with E-state index in [1.807, 2.05) is 6.20 Å². The van der Waals surface area contributed by atoms with Gasteiger partial charge in [0.05, 0.1) is 6.61 Å². The fourth-order valence-corrected chi connectivity index (χ4v) is 2.15. The predicted octanol–water partition coefficient (Wildman–Crippen LogP) is 2.94. The maximum atomic E-state index is 5.15. The number of ether oxygens (including phenoxy) is 1. The molecule has 1 aliphatic heterocycles. The SMILES string of the molecule is COCC1=CCN(c2cc(C)c(Br)cn2)CC1. The number of hydrogen-bond donors (Lipinski definition) is 0. The summed E-state index contributed by atoms with van der Waals surface area (Å²) in [6, 6.07) is 2.12. The van der Waals surface area contributed by atoms with Crippen LogP contribution < -0.4 is 4.90 Å². The molecule has 0 saturated heterocycles. The maximum Gasteiger partial charge on any atom is 0.129 e. The van der Waals surface area contributed by atoms with Gasteiger partial charge in [-0.2, -0.15) is 0 Å². The third-order valence-corrected chi connectivity index (χ3v) is 3.82. The van der Waals surface area contributed by atoms with E-state index in [1.54, 1.807) is 7.11 Å². The molecule has 1 aliphatic rings. The van der Waals surface area contributed by atoms with Crippen LogP contribution in [0.2, 0.25) is 0 Å². The van der Waals surface area contributed by atoms with Crippen molar-refractivity contribution < 1.29 is 4.74 Å². The molecule has 1 aromatic rings. The van der Waals surface area contributed by atoms with E-state index in [-0.39, 0.29) is 0 Å². The van der Waals surface area contributed by atoms with E-state index in [2.05, 4.69) is 44.9 Å². The van der Waals surface area contributed by atoms with Gasteiger partial charge in [-0.15, -0.1) is 0 Å². The van der Waals surface area contributed by atoms with Crippen LogP contribution in [-0.4, -0.2) is 31.8 Å². The molecule has 4 heteroatoms. The van der Waals surface area contributed by atoms with Gasteiger partial charge in [-0.25, -0.2) is 4.98 Å². The fourth-order valence-electron chi connectivity index (χ4n) is 1.93. The molecule has 0 atom stereocenters. The standard InChI is InChI=1S/C13H17BrN2O/c1-10-7-13(15-8-12(10)14)16-5-3-11(4-6-16)9-17-2/h3,7-8H,4-6,9H2,1-2H3. The number of methoxy groups -OCH3 is 1. The normalized spacial score (nSPS) is 15.9. The molecular weight excluding hydrogens is 280 g/mol. The van der Waals surface area contributed by atoms with Gasteiger partial charge in [-0.05, 0) is 46.5 Å². The zero-order chi connectivity index (χ0) is 12.3. The van der Waals surface area contributed by atoms with Crippen molar-refractivity contribution in [3.8, 4) is 0 Å². The van der Waals surface area contributed by atoms with E-state index < -0.39 is 0 Å². The molecule has 92 valence electrons. The highest BCUT2D eigenvalue weighted by Crippen LogP contribution is 2.22. The Morgan fingerprint density at radius 3 is 2.94 bits per heavy atom. The van der Waals surface area contributed by atoms with Gasteiger partial charge in [0.1, 0.15) is 5.82 Å². The molecule has 0 fully saturated rings. The molecule has 2 heterocycles. The van der Waals surface area contributed by atoms with Crippen LogP contribution in [0.5, 0.6) is 0 Å². The number of rotatable bonds is 3. The van der Waals surface area contributed by atoms with Crippen molar-refractivity contribution in [3.63, 3.8) is 0 Å². The van der Waals surface area contributed by atoms with E-state index >= 15 is 0 Å². The van der Waals surface area contributed by atoms with Crippen molar-refractivity contribution >= 4 is 21.7 Å². The second kappa shape index (κ2) is 5.65. The highest BCUT2D eigenvalue weighted by atomic mass is 79.9. The van der Waals surface area contributed by atoms with Gasteiger partial charge in [-0.1, -0.05) is 6.08 Å². The fraction of sp³-hybridized carbons (Fsp3) is 0.462. The first-order valence-electron chi connectivity index (χ1n) is 5.74. The number of pyridine rings is 1. The van der Waals surface area contributed by atoms with E-state index in [9.17, 15) is 0 Å². The molecule has 0 bridgehead atoms. The summed E-state index contributed by atoms with van der Waals surface area (Å²) < 4.78 is 6.21. The molecule has 3 nitrogen and oxygen atoms in total. The summed E-state index contributed by atoms with van der Waals surface area (Å²) in [5, 5.41) is 0. The van der Waals surface area contributed by atoms with Gasteiger partial charge in [0.15, 0.2) is 0 Å².